The molecule has 150 valence electrons. The highest BCUT2D eigenvalue weighted by Crippen LogP contribution is 2.24. The van der Waals surface area contributed by atoms with E-state index in [-0.39, 0.29) is 5.56 Å². The van der Waals surface area contributed by atoms with Crippen LogP contribution in [0.15, 0.2) is 23.1 Å². The Morgan fingerprint density at radius 3 is 2.57 bits per heavy atom. The highest BCUT2D eigenvalue weighted by atomic mass is 16.1. The van der Waals surface area contributed by atoms with Crippen LogP contribution in [0.3, 0.4) is 0 Å². The number of likely N-dealkylation sites (N-methyl/N-ethyl adjacent to an activating group) is 1. The first-order chi connectivity index (χ1) is 13.5. The van der Waals surface area contributed by atoms with Gasteiger partial charge in [-0.3, -0.25) is 9.69 Å². The number of H-pyrrole nitrogens is 1. The minimum absolute atomic E-state index is 0.0860. The molecule has 0 aliphatic carbocycles. The third-order valence-electron chi connectivity index (χ3n) is 6.27. The Morgan fingerprint density at radius 2 is 1.93 bits per heavy atom. The van der Waals surface area contributed by atoms with Gasteiger partial charge in [-0.1, -0.05) is 6.92 Å². The largest absolute Gasteiger partial charge is 0.355 e. The highest BCUT2D eigenvalue weighted by molar-refractivity contribution is 5.57. The summed E-state index contributed by atoms with van der Waals surface area (Å²) in [5.74, 6) is 1.59. The molecule has 2 aliphatic heterocycles. The Hall–Kier alpha value is -2.25. The molecule has 2 aromatic heterocycles. The third-order valence-corrected chi connectivity index (χ3v) is 6.27. The summed E-state index contributed by atoms with van der Waals surface area (Å²) in [6.45, 7) is 13.8. The summed E-state index contributed by atoms with van der Waals surface area (Å²) >= 11 is 0. The van der Waals surface area contributed by atoms with Crippen molar-refractivity contribution >= 4 is 5.82 Å². The zero-order valence-corrected chi connectivity index (χ0v) is 17.1. The molecule has 28 heavy (non-hydrogen) atoms. The summed E-state index contributed by atoms with van der Waals surface area (Å²) in [6.07, 6.45) is 3.01. The van der Waals surface area contributed by atoms with Crippen LogP contribution in [0.5, 0.6) is 0 Å². The quantitative estimate of drug-likeness (QED) is 0.868. The summed E-state index contributed by atoms with van der Waals surface area (Å²) in [7, 11) is 0. The fourth-order valence-corrected chi connectivity index (χ4v) is 4.19. The van der Waals surface area contributed by atoms with E-state index in [2.05, 4.69) is 36.6 Å². The third kappa shape index (κ3) is 3.82. The van der Waals surface area contributed by atoms with Gasteiger partial charge in [0.2, 0.25) is 0 Å². The molecule has 0 amide bonds. The molecule has 1 N–H and O–H groups in total. The molecule has 1 atom stereocenters. The second kappa shape index (κ2) is 8.01. The van der Waals surface area contributed by atoms with Crippen molar-refractivity contribution in [3.63, 3.8) is 0 Å². The summed E-state index contributed by atoms with van der Waals surface area (Å²) in [6, 6.07) is 4.67. The van der Waals surface area contributed by atoms with Crippen molar-refractivity contribution in [2.45, 2.75) is 33.2 Å². The maximum Gasteiger partial charge on any atom is 0.254 e. The first kappa shape index (κ1) is 19.1. The molecule has 7 nitrogen and oxygen atoms in total. The average molecular weight is 383 g/mol. The number of hydrogen-bond donors (Lipinski definition) is 1. The number of nitrogens with zero attached hydrogens (tertiary/aromatic N) is 5. The molecule has 2 fully saturated rings. The lowest BCUT2D eigenvalue weighted by Gasteiger charge is -2.37. The van der Waals surface area contributed by atoms with Crippen LogP contribution < -0.4 is 10.5 Å². The lowest BCUT2D eigenvalue weighted by Crippen LogP contribution is -2.50. The number of hydrogen-bond acceptors (Lipinski definition) is 6. The number of aromatic nitrogens is 3. The molecular weight excluding hydrogens is 352 g/mol. The molecule has 0 spiro atoms. The molecule has 7 heteroatoms. The number of aryl methyl sites for hydroxylation is 1. The number of pyridine rings is 1. The van der Waals surface area contributed by atoms with Crippen molar-refractivity contribution in [3.8, 4) is 11.4 Å². The van der Waals surface area contributed by atoms with Gasteiger partial charge >= 0.3 is 0 Å². The molecule has 2 saturated heterocycles. The molecule has 0 radical (unpaired) electrons. The molecule has 0 bridgehead atoms. The van der Waals surface area contributed by atoms with Crippen molar-refractivity contribution in [1.29, 1.82) is 0 Å². The summed E-state index contributed by atoms with van der Waals surface area (Å²) < 4.78 is 0. The Balaban J connectivity index is 1.42. The van der Waals surface area contributed by atoms with Crippen molar-refractivity contribution < 1.29 is 0 Å². The Bertz CT molecular complexity index is 869. The van der Waals surface area contributed by atoms with Gasteiger partial charge in [-0.15, -0.1) is 0 Å². The Kier molecular flexibility index (Phi) is 5.46. The van der Waals surface area contributed by atoms with Crippen LogP contribution in [0.1, 0.15) is 24.6 Å². The zero-order chi connectivity index (χ0) is 19.7. The van der Waals surface area contributed by atoms with E-state index in [9.17, 15) is 4.79 Å². The van der Waals surface area contributed by atoms with Gasteiger partial charge in [0.05, 0.1) is 0 Å². The average Bonchev–Trinajstić information content (AvgIpc) is 3.22. The second-order valence-electron chi connectivity index (χ2n) is 7.89. The van der Waals surface area contributed by atoms with E-state index in [0.29, 0.717) is 17.4 Å². The van der Waals surface area contributed by atoms with E-state index in [1.807, 2.05) is 25.3 Å². The normalized spacial score (nSPS) is 21.4. The van der Waals surface area contributed by atoms with Gasteiger partial charge in [0.25, 0.3) is 5.56 Å². The number of nitrogens with one attached hydrogen (secondary N) is 1. The molecular formula is C21H30N6O. The fourth-order valence-electron chi connectivity index (χ4n) is 4.19. The van der Waals surface area contributed by atoms with Gasteiger partial charge in [0.1, 0.15) is 11.6 Å². The van der Waals surface area contributed by atoms with E-state index < -0.39 is 0 Å². The molecule has 2 aliphatic rings. The van der Waals surface area contributed by atoms with Crippen molar-refractivity contribution in [3.05, 3.63) is 39.9 Å². The van der Waals surface area contributed by atoms with E-state index in [0.717, 1.165) is 36.7 Å². The van der Waals surface area contributed by atoms with Crippen molar-refractivity contribution in [2.24, 2.45) is 0 Å². The van der Waals surface area contributed by atoms with Gasteiger partial charge in [0, 0.05) is 68.3 Å². The van der Waals surface area contributed by atoms with Crippen LogP contribution in [0, 0.1) is 13.8 Å². The highest BCUT2D eigenvalue weighted by Gasteiger charge is 2.30. The number of rotatable bonds is 4. The van der Waals surface area contributed by atoms with Crippen LogP contribution in [-0.2, 0) is 0 Å². The van der Waals surface area contributed by atoms with Crippen molar-refractivity contribution in [1.82, 2.24) is 24.8 Å². The monoisotopic (exact) mass is 382 g/mol. The molecule has 2 aromatic rings. The minimum Gasteiger partial charge on any atom is -0.355 e. The van der Waals surface area contributed by atoms with Crippen LogP contribution in [0.4, 0.5) is 5.82 Å². The molecule has 4 heterocycles. The van der Waals surface area contributed by atoms with Crippen molar-refractivity contribution in [2.75, 3.05) is 50.7 Å². The van der Waals surface area contributed by atoms with Gasteiger partial charge in [-0.2, -0.15) is 0 Å². The lowest BCUT2D eigenvalue weighted by atomic mass is 10.2. The summed E-state index contributed by atoms with van der Waals surface area (Å²) in [4.78, 5) is 31.5. The maximum absolute atomic E-state index is 12.0. The van der Waals surface area contributed by atoms with Crippen LogP contribution in [0.25, 0.3) is 11.4 Å². The predicted octanol–water partition coefficient (Wildman–Crippen LogP) is 1.66. The van der Waals surface area contributed by atoms with Gasteiger partial charge < -0.3 is 14.8 Å². The number of piperazine rings is 1. The van der Waals surface area contributed by atoms with E-state index in [1.54, 1.807) is 6.92 Å². The Morgan fingerprint density at radius 1 is 1.14 bits per heavy atom. The van der Waals surface area contributed by atoms with E-state index in [4.69, 9.17) is 0 Å². The first-order valence-electron chi connectivity index (χ1n) is 10.3. The summed E-state index contributed by atoms with van der Waals surface area (Å²) in [5.41, 5.74) is 2.18. The van der Waals surface area contributed by atoms with E-state index >= 15 is 0 Å². The number of anilines is 1. The molecule has 0 aromatic carbocycles. The zero-order valence-electron chi connectivity index (χ0n) is 17.1. The fraction of sp³-hybridized carbons (Fsp3) is 0.571. The van der Waals surface area contributed by atoms with Crippen LogP contribution in [0.2, 0.25) is 0 Å². The van der Waals surface area contributed by atoms with E-state index in [1.165, 1.54) is 32.6 Å². The Labute approximate surface area is 166 Å². The first-order valence-corrected chi connectivity index (χ1v) is 10.3. The molecule has 4 rings (SSSR count). The number of aromatic amines is 1. The molecule has 1 unspecified atom stereocenters. The van der Waals surface area contributed by atoms with Gasteiger partial charge in [-0.25, -0.2) is 9.97 Å². The molecule has 0 saturated carbocycles. The second-order valence-corrected chi connectivity index (χ2v) is 7.89. The topological polar surface area (TPSA) is 68.4 Å². The predicted molar refractivity (Wildman–Crippen MR) is 112 cm³/mol. The lowest BCUT2D eigenvalue weighted by molar-refractivity contribution is 0.107. The van der Waals surface area contributed by atoms with Crippen LogP contribution >= 0.6 is 0 Å². The SMILES string of the molecule is CCN1CCN(C2CCN(c3ccc(-c4nc(C)c(C)c(=O)[nH]4)cn3)C2)CC1. The maximum atomic E-state index is 12.0. The van der Waals surface area contributed by atoms with Gasteiger partial charge in [0.15, 0.2) is 0 Å². The minimum atomic E-state index is -0.0860. The van der Waals surface area contributed by atoms with Gasteiger partial charge in [-0.05, 0) is 38.9 Å². The standard InChI is InChI=1S/C21H30N6O/c1-4-25-9-11-26(12-10-25)18-7-8-27(14-18)19-6-5-17(13-22-19)20-23-16(3)15(2)21(28)24-20/h5-6,13,18H,4,7-12,14H2,1-3H3,(H,23,24,28). The summed E-state index contributed by atoms with van der Waals surface area (Å²) in [5, 5.41) is 0. The van der Waals surface area contributed by atoms with Crippen LogP contribution in [-0.4, -0.2) is 76.6 Å². The smallest absolute Gasteiger partial charge is 0.254 e.